The highest BCUT2D eigenvalue weighted by atomic mass is 16.6. The standard InChI is InChI=1S/C12H19N3O3/c1-9(2)14(6-3-7-16)10-4-5-12(15(17)18)11(13)8-10/h4-5,8-9,16H,3,6-7,13H2,1-2H3. The zero-order chi connectivity index (χ0) is 13.7. The first-order valence-corrected chi connectivity index (χ1v) is 5.88. The Hall–Kier alpha value is -1.82. The SMILES string of the molecule is CC(C)N(CCCO)c1ccc([N+](=O)[O-])c(N)c1. The van der Waals surface area contributed by atoms with Crippen LogP contribution in [-0.2, 0) is 0 Å². The number of aliphatic hydroxyl groups is 1. The lowest BCUT2D eigenvalue weighted by Crippen LogP contribution is -2.32. The normalized spacial score (nSPS) is 10.7. The molecule has 1 rings (SSSR count). The average molecular weight is 253 g/mol. The third kappa shape index (κ3) is 3.33. The highest BCUT2D eigenvalue weighted by Gasteiger charge is 2.15. The molecule has 0 saturated heterocycles. The van der Waals surface area contributed by atoms with E-state index in [2.05, 4.69) is 4.90 Å². The second-order valence-corrected chi connectivity index (χ2v) is 4.36. The lowest BCUT2D eigenvalue weighted by atomic mass is 10.2. The van der Waals surface area contributed by atoms with Gasteiger partial charge in [-0.05, 0) is 32.4 Å². The first kappa shape index (κ1) is 14.2. The Bertz CT molecular complexity index is 421. The predicted molar refractivity (Wildman–Crippen MR) is 71.7 cm³/mol. The Balaban J connectivity index is 2.99. The third-order valence-corrected chi connectivity index (χ3v) is 2.72. The second-order valence-electron chi connectivity index (χ2n) is 4.36. The summed E-state index contributed by atoms with van der Waals surface area (Å²) in [6.07, 6.45) is 0.648. The highest BCUT2D eigenvalue weighted by molar-refractivity contribution is 5.66. The van der Waals surface area contributed by atoms with Gasteiger partial charge in [0.15, 0.2) is 0 Å². The van der Waals surface area contributed by atoms with Gasteiger partial charge in [-0.15, -0.1) is 0 Å². The van der Waals surface area contributed by atoms with E-state index in [4.69, 9.17) is 10.8 Å². The number of hydrogen-bond acceptors (Lipinski definition) is 5. The summed E-state index contributed by atoms with van der Waals surface area (Å²) < 4.78 is 0. The van der Waals surface area contributed by atoms with Crippen LogP contribution < -0.4 is 10.6 Å². The van der Waals surface area contributed by atoms with Crippen molar-refractivity contribution >= 4 is 17.1 Å². The molecule has 0 atom stereocenters. The number of anilines is 2. The average Bonchev–Trinajstić information content (AvgIpc) is 2.28. The molecular formula is C12H19N3O3. The van der Waals surface area contributed by atoms with E-state index in [0.29, 0.717) is 13.0 Å². The molecule has 1 aromatic rings. The summed E-state index contributed by atoms with van der Waals surface area (Å²) >= 11 is 0. The van der Waals surface area contributed by atoms with Gasteiger partial charge in [-0.1, -0.05) is 0 Å². The summed E-state index contributed by atoms with van der Waals surface area (Å²) in [7, 11) is 0. The van der Waals surface area contributed by atoms with Crippen molar-refractivity contribution in [3.05, 3.63) is 28.3 Å². The molecular weight excluding hydrogens is 234 g/mol. The van der Waals surface area contributed by atoms with Gasteiger partial charge < -0.3 is 15.7 Å². The maximum atomic E-state index is 10.7. The van der Waals surface area contributed by atoms with Gasteiger partial charge in [0, 0.05) is 30.9 Å². The fourth-order valence-corrected chi connectivity index (χ4v) is 1.81. The van der Waals surface area contributed by atoms with Gasteiger partial charge in [0.05, 0.1) is 4.92 Å². The monoisotopic (exact) mass is 253 g/mol. The van der Waals surface area contributed by atoms with E-state index < -0.39 is 4.92 Å². The largest absolute Gasteiger partial charge is 0.396 e. The van der Waals surface area contributed by atoms with Crippen molar-refractivity contribution in [1.29, 1.82) is 0 Å². The molecule has 0 saturated carbocycles. The lowest BCUT2D eigenvalue weighted by molar-refractivity contribution is -0.383. The summed E-state index contributed by atoms with van der Waals surface area (Å²) in [5.41, 5.74) is 6.59. The molecule has 0 aliphatic carbocycles. The Labute approximate surface area is 106 Å². The molecule has 0 spiro atoms. The smallest absolute Gasteiger partial charge is 0.292 e. The number of nitrogens with zero attached hydrogens (tertiary/aromatic N) is 2. The topological polar surface area (TPSA) is 92.6 Å². The minimum absolute atomic E-state index is 0.0791. The van der Waals surface area contributed by atoms with Crippen molar-refractivity contribution in [2.45, 2.75) is 26.3 Å². The van der Waals surface area contributed by atoms with E-state index in [1.807, 2.05) is 13.8 Å². The van der Waals surface area contributed by atoms with Crippen LogP contribution in [0.4, 0.5) is 17.1 Å². The van der Waals surface area contributed by atoms with Crippen molar-refractivity contribution in [2.24, 2.45) is 0 Å². The summed E-state index contributed by atoms with van der Waals surface area (Å²) in [6, 6.07) is 4.94. The van der Waals surface area contributed by atoms with E-state index in [1.54, 1.807) is 12.1 Å². The zero-order valence-electron chi connectivity index (χ0n) is 10.7. The third-order valence-electron chi connectivity index (χ3n) is 2.72. The molecule has 0 radical (unpaired) electrons. The maximum Gasteiger partial charge on any atom is 0.292 e. The molecule has 0 bridgehead atoms. The van der Waals surface area contributed by atoms with E-state index in [1.165, 1.54) is 6.07 Å². The molecule has 18 heavy (non-hydrogen) atoms. The molecule has 1 aromatic carbocycles. The quantitative estimate of drug-likeness (QED) is 0.458. The maximum absolute atomic E-state index is 10.7. The first-order chi connectivity index (χ1) is 8.47. The van der Waals surface area contributed by atoms with E-state index in [9.17, 15) is 10.1 Å². The second kappa shape index (κ2) is 6.20. The van der Waals surface area contributed by atoms with Crippen LogP contribution >= 0.6 is 0 Å². The Kier molecular flexibility index (Phi) is 4.91. The van der Waals surface area contributed by atoms with E-state index >= 15 is 0 Å². The van der Waals surface area contributed by atoms with Crippen LogP contribution in [0.25, 0.3) is 0 Å². The van der Waals surface area contributed by atoms with Crippen molar-refractivity contribution < 1.29 is 10.0 Å². The number of nitro benzene ring substituents is 1. The Morgan fingerprint density at radius 3 is 2.61 bits per heavy atom. The first-order valence-electron chi connectivity index (χ1n) is 5.88. The molecule has 0 heterocycles. The van der Waals surface area contributed by atoms with Crippen LogP contribution in [0.5, 0.6) is 0 Å². The summed E-state index contributed by atoms with van der Waals surface area (Å²) in [4.78, 5) is 12.2. The number of nitrogens with two attached hydrogens (primary N) is 1. The fourth-order valence-electron chi connectivity index (χ4n) is 1.81. The molecule has 0 aliphatic heterocycles. The van der Waals surface area contributed by atoms with Crippen molar-refractivity contribution in [3.8, 4) is 0 Å². The predicted octanol–water partition coefficient (Wildman–Crippen LogP) is 1.77. The van der Waals surface area contributed by atoms with Gasteiger partial charge in [0.25, 0.3) is 5.69 Å². The van der Waals surface area contributed by atoms with Crippen LogP contribution in [0.1, 0.15) is 20.3 Å². The molecule has 0 unspecified atom stereocenters. The molecule has 0 aromatic heterocycles. The molecule has 0 amide bonds. The van der Waals surface area contributed by atoms with Crippen LogP contribution in [0.2, 0.25) is 0 Å². The van der Waals surface area contributed by atoms with Gasteiger partial charge in [0.1, 0.15) is 5.69 Å². The zero-order valence-corrected chi connectivity index (χ0v) is 10.7. The number of benzene rings is 1. The van der Waals surface area contributed by atoms with E-state index in [-0.39, 0.29) is 24.0 Å². The molecule has 6 heteroatoms. The summed E-state index contributed by atoms with van der Waals surface area (Å²) in [5, 5.41) is 19.6. The lowest BCUT2D eigenvalue weighted by Gasteiger charge is -2.29. The molecule has 3 N–H and O–H groups in total. The van der Waals surface area contributed by atoms with Gasteiger partial charge >= 0.3 is 0 Å². The van der Waals surface area contributed by atoms with Crippen LogP contribution in [0.15, 0.2) is 18.2 Å². The van der Waals surface area contributed by atoms with Crippen LogP contribution in [0, 0.1) is 10.1 Å². The van der Waals surface area contributed by atoms with Crippen molar-refractivity contribution in [2.75, 3.05) is 23.8 Å². The highest BCUT2D eigenvalue weighted by Crippen LogP contribution is 2.28. The van der Waals surface area contributed by atoms with Crippen molar-refractivity contribution in [3.63, 3.8) is 0 Å². The fraction of sp³-hybridized carbons (Fsp3) is 0.500. The number of rotatable bonds is 6. The van der Waals surface area contributed by atoms with Gasteiger partial charge in [-0.25, -0.2) is 0 Å². The van der Waals surface area contributed by atoms with Crippen molar-refractivity contribution in [1.82, 2.24) is 0 Å². The molecule has 6 nitrogen and oxygen atoms in total. The van der Waals surface area contributed by atoms with Gasteiger partial charge in [0.2, 0.25) is 0 Å². The Morgan fingerprint density at radius 2 is 2.17 bits per heavy atom. The summed E-state index contributed by atoms with van der Waals surface area (Å²) in [5.74, 6) is 0. The van der Waals surface area contributed by atoms with E-state index in [0.717, 1.165) is 5.69 Å². The summed E-state index contributed by atoms with van der Waals surface area (Å²) in [6.45, 7) is 4.85. The minimum Gasteiger partial charge on any atom is -0.396 e. The molecule has 0 aliphatic rings. The molecule has 0 fully saturated rings. The number of aliphatic hydroxyl groups excluding tert-OH is 1. The van der Waals surface area contributed by atoms with Crippen LogP contribution in [0.3, 0.4) is 0 Å². The van der Waals surface area contributed by atoms with Gasteiger partial charge in [-0.2, -0.15) is 0 Å². The minimum atomic E-state index is -0.494. The van der Waals surface area contributed by atoms with Crippen LogP contribution in [-0.4, -0.2) is 29.2 Å². The number of hydrogen-bond donors (Lipinski definition) is 2. The number of nitro groups is 1. The molecule has 100 valence electrons. The Morgan fingerprint density at radius 1 is 1.50 bits per heavy atom. The number of nitrogen functional groups attached to an aromatic ring is 1. The van der Waals surface area contributed by atoms with Gasteiger partial charge in [-0.3, -0.25) is 10.1 Å².